The molecule has 0 aromatic rings. The van der Waals surface area contributed by atoms with Crippen molar-refractivity contribution in [1.82, 2.24) is 15.5 Å². The van der Waals surface area contributed by atoms with E-state index in [-0.39, 0.29) is 24.0 Å². The lowest BCUT2D eigenvalue weighted by molar-refractivity contribution is 0.191. The zero-order valence-electron chi connectivity index (χ0n) is 11.7. The highest BCUT2D eigenvalue weighted by atomic mass is 16.2. The highest BCUT2D eigenvalue weighted by molar-refractivity contribution is 5.75. The number of urea groups is 1. The van der Waals surface area contributed by atoms with Crippen LogP contribution in [-0.2, 0) is 0 Å². The van der Waals surface area contributed by atoms with Crippen LogP contribution in [0.5, 0.6) is 0 Å². The predicted octanol–water partition coefficient (Wildman–Crippen LogP) is 1.43. The summed E-state index contributed by atoms with van der Waals surface area (Å²) in [5, 5.41) is 5.86. The van der Waals surface area contributed by atoms with Crippen LogP contribution in [0, 0.1) is 18.3 Å². The topological polar surface area (TPSA) is 44.4 Å². The van der Waals surface area contributed by atoms with Crippen molar-refractivity contribution in [3.05, 3.63) is 0 Å². The minimum atomic E-state index is -0.198. The molecule has 0 spiro atoms. The molecule has 2 atom stereocenters. The molecule has 1 heterocycles. The zero-order chi connectivity index (χ0) is 13.5. The Labute approximate surface area is 110 Å². The molecule has 0 saturated carbocycles. The van der Waals surface area contributed by atoms with Crippen molar-refractivity contribution in [3.8, 4) is 12.3 Å². The number of carbonyl (C=O) groups is 1. The Morgan fingerprint density at radius 1 is 1.56 bits per heavy atom. The highest BCUT2D eigenvalue weighted by Crippen LogP contribution is 2.09. The van der Waals surface area contributed by atoms with Gasteiger partial charge >= 0.3 is 6.03 Å². The first-order valence-corrected chi connectivity index (χ1v) is 6.82. The number of amides is 2. The summed E-state index contributed by atoms with van der Waals surface area (Å²) in [6.45, 7) is 9.27. The van der Waals surface area contributed by atoms with E-state index in [1.807, 2.05) is 13.8 Å². The van der Waals surface area contributed by atoms with Crippen LogP contribution in [0.1, 0.15) is 33.6 Å². The lowest BCUT2D eigenvalue weighted by atomic mass is 10.1. The molecule has 2 amide bonds. The Balaban J connectivity index is 2.38. The molecule has 0 aromatic heterocycles. The van der Waals surface area contributed by atoms with Crippen LogP contribution < -0.4 is 10.6 Å². The maximum Gasteiger partial charge on any atom is 0.316 e. The molecule has 1 aliphatic rings. The smallest absolute Gasteiger partial charge is 0.316 e. The Bertz CT molecular complexity index is 309. The van der Waals surface area contributed by atoms with Crippen LogP contribution in [0.15, 0.2) is 0 Å². The van der Waals surface area contributed by atoms with E-state index in [0.29, 0.717) is 0 Å². The number of terminal acetylenes is 1. The lowest BCUT2D eigenvalue weighted by Crippen LogP contribution is -2.52. The van der Waals surface area contributed by atoms with E-state index in [9.17, 15) is 4.79 Å². The fourth-order valence-electron chi connectivity index (χ4n) is 2.23. The number of hydrogen-bond acceptors (Lipinski definition) is 2. The van der Waals surface area contributed by atoms with Crippen molar-refractivity contribution in [3.63, 3.8) is 0 Å². The highest BCUT2D eigenvalue weighted by Gasteiger charge is 2.21. The molecule has 0 unspecified atom stereocenters. The number of carbonyl (C=O) groups excluding carboxylic acids is 1. The average molecular weight is 251 g/mol. The third-order valence-electron chi connectivity index (χ3n) is 3.42. The maximum absolute atomic E-state index is 11.8. The predicted molar refractivity (Wildman–Crippen MR) is 74.3 cm³/mol. The number of hydrogen-bond donors (Lipinski definition) is 2. The molecule has 102 valence electrons. The Morgan fingerprint density at radius 2 is 2.28 bits per heavy atom. The van der Waals surface area contributed by atoms with E-state index in [0.717, 1.165) is 32.5 Å². The third kappa shape index (κ3) is 4.58. The lowest BCUT2D eigenvalue weighted by Gasteiger charge is -2.32. The first-order chi connectivity index (χ1) is 8.56. The standard InChI is InChI=1S/C14H25N3O/c1-5-13(11(3)4)16-14(18)15-12-8-7-9-17(6-2)10-12/h1,11-13H,6-10H2,2-4H3,(H2,15,16,18)/t12-,13-/m1/s1. The van der Waals surface area contributed by atoms with E-state index in [4.69, 9.17) is 6.42 Å². The Morgan fingerprint density at radius 3 is 2.83 bits per heavy atom. The summed E-state index contributed by atoms with van der Waals surface area (Å²) in [6, 6.07) is -0.102. The van der Waals surface area contributed by atoms with Gasteiger partial charge in [0.1, 0.15) is 0 Å². The van der Waals surface area contributed by atoms with Gasteiger partial charge in [0.15, 0.2) is 0 Å². The van der Waals surface area contributed by atoms with Crippen molar-refractivity contribution in [2.45, 2.75) is 45.7 Å². The van der Waals surface area contributed by atoms with Crippen molar-refractivity contribution < 1.29 is 4.79 Å². The number of nitrogens with zero attached hydrogens (tertiary/aromatic N) is 1. The SMILES string of the molecule is C#C[C@@H](NC(=O)N[C@@H]1CCCN(CC)C1)C(C)C. The second kappa shape index (κ2) is 7.27. The molecule has 1 fully saturated rings. The van der Waals surface area contributed by atoms with Crippen LogP contribution in [-0.4, -0.2) is 42.6 Å². The Kier molecular flexibility index (Phi) is 6.00. The van der Waals surface area contributed by atoms with Crippen LogP contribution in [0.25, 0.3) is 0 Å². The van der Waals surface area contributed by atoms with E-state index in [1.165, 1.54) is 0 Å². The van der Waals surface area contributed by atoms with Gasteiger partial charge in [0.25, 0.3) is 0 Å². The van der Waals surface area contributed by atoms with Gasteiger partial charge in [0.05, 0.1) is 6.04 Å². The fourth-order valence-corrected chi connectivity index (χ4v) is 2.23. The summed E-state index contributed by atoms with van der Waals surface area (Å²) in [6.07, 6.45) is 7.59. The molecule has 0 bridgehead atoms. The quantitative estimate of drug-likeness (QED) is 0.742. The van der Waals surface area contributed by atoms with Gasteiger partial charge in [0, 0.05) is 12.6 Å². The van der Waals surface area contributed by atoms with Gasteiger partial charge in [-0.3, -0.25) is 0 Å². The van der Waals surface area contributed by atoms with Gasteiger partial charge in [-0.15, -0.1) is 6.42 Å². The number of nitrogens with one attached hydrogen (secondary N) is 2. The molecule has 2 N–H and O–H groups in total. The first kappa shape index (κ1) is 14.8. The normalized spacial score (nSPS) is 22.3. The minimum absolute atomic E-state index is 0.144. The van der Waals surface area contributed by atoms with Crippen molar-refractivity contribution >= 4 is 6.03 Å². The van der Waals surface area contributed by atoms with Gasteiger partial charge in [-0.2, -0.15) is 0 Å². The van der Waals surface area contributed by atoms with Gasteiger partial charge < -0.3 is 15.5 Å². The summed E-state index contributed by atoms with van der Waals surface area (Å²) in [5.74, 6) is 2.86. The molecular formula is C14H25N3O. The number of rotatable bonds is 4. The molecule has 1 aliphatic heterocycles. The summed E-state index contributed by atoms with van der Waals surface area (Å²) in [5.41, 5.74) is 0. The number of likely N-dealkylation sites (tertiary alicyclic amines) is 1. The summed E-state index contributed by atoms with van der Waals surface area (Å²) >= 11 is 0. The van der Waals surface area contributed by atoms with E-state index >= 15 is 0 Å². The minimum Gasteiger partial charge on any atom is -0.334 e. The molecule has 4 nitrogen and oxygen atoms in total. The van der Waals surface area contributed by atoms with Crippen LogP contribution >= 0.6 is 0 Å². The summed E-state index contributed by atoms with van der Waals surface area (Å²) < 4.78 is 0. The van der Waals surface area contributed by atoms with Gasteiger partial charge in [0.2, 0.25) is 0 Å². The maximum atomic E-state index is 11.8. The molecule has 1 rings (SSSR count). The molecule has 18 heavy (non-hydrogen) atoms. The molecule has 0 radical (unpaired) electrons. The van der Waals surface area contributed by atoms with Crippen molar-refractivity contribution in [1.29, 1.82) is 0 Å². The zero-order valence-corrected chi connectivity index (χ0v) is 11.7. The van der Waals surface area contributed by atoms with Gasteiger partial charge in [-0.05, 0) is 31.8 Å². The van der Waals surface area contributed by atoms with Crippen LogP contribution in [0.3, 0.4) is 0 Å². The van der Waals surface area contributed by atoms with Crippen LogP contribution in [0.2, 0.25) is 0 Å². The van der Waals surface area contributed by atoms with Crippen molar-refractivity contribution in [2.75, 3.05) is 19.6 Å². The van der Waals surface area contributed by atoms with E-state index in [1.54, 1.807) is 0 Å². The molecule has 0 aromatic carbocycles. The average Bonchev–Trinajstić information content (AvgIpc) is 2.35. The monoisotopic (exact) mass is 251 g/mol. The molecule has 0 aliphatic carbocycles. The molecular weight excluding hydrogens is 226 g/mol. The third-order valence-corrected chi connectivity index (χ3v) is 3.42. The van der Waals surface area contributed by atoms with Gasteiger partial charge in [-0.1, -0.05) is 26.7 Å². The summed E-state index contributed by atoms with van der Waals surface area (Å²) in [4.78, 5) is 14.2. The number of piperidine rings is 1. The largest absolute Gasteiger partial charge is 0.334 e. The van der Waals surface area contributed by atoms with E-state index < -0.39 is 0 Å². The van der Waals surface area contributed by atoms with E-state index in [2.05, 4.69) is 28.4 Å². The van der Waals surface area contributed by atoms with Crippen molar-refractivity contribution in [2.24, 2.45) is 5.92 Å². The number of likely N-dealkylation sites (N-methyl/N-ethyl adjacent to an activating group) is 1. The fraction of sp³-hybridized carbons (Fsp3) is 0.786. The van der Waals surface area contributed by atoms with Crippen LogP contribution in [0.4, 0.5) is 4.79 Å². The summed E-state index contributed by atoms with van der Waals surface area (Å²) in [7, 11) is 0. The molecule has 4 heteroatoms. The first-order valence-electron chi connectivity index (χ1n) is 6.82. The molecule has 1 saturated heterocycles. The second-order valence-corrected chi connectivity index (χ2v) is 5.24. The van der Waals surface area contributed by atoms with Gasteiger partial charge in [-0.25, -0.2) is 4.79 Å². The Hall–Kier alpha value is -1.21. The second-order valence-electron chi connectivity index (χ2n) is 5.24.